The number of hydrogen-bond acceptors (Lipinski definition) is 6. The maximum absolute atomic E-state index is 12.3. The molecule has 0 bridgehead atoms. The molecule has 0 radical (unpaired) electrons. The van der Waals surface area contributed by atoms with E-state index < -0.39 is 11.4 Å². The molecule has 3 rings (SSSR count). The van der Waals surface area contributed by atoms with Crippen molar-refractivity contribution in [3.63, 3.8) is 0 Å². The fraction of sp³-hybridized carbons (Fsp3) is 0.190. The third-order valence-corrected chi connectivity index (χ3v) is 5.00. The molecule has 0 fully saturated rings. The zero-order valence-corrected chi connectivity index (χ0v) is 16.0. The number of rotatable bonds is 7. The van der Waals surface area contributed by atoms with E-state index >= 15 is 0 Å². The third kappa shape index (κ3) is 4.95. The van der Waals surface area contributed by atoms with Crippen LogP contribution in [0.25, 0.3) is 0 Å². The average Bonchev–Trinajstić information content (AvgIpc) is 3.13. The summed E-state index contributed by atoms with van der Waals surface area (Å²) in [6.07, 6.45) is 0.789. The van der Waals surface area contributed by atoms with E-state index in [9.17, 15) is 19.5 Å². The van der Waals surface area contributed by atoms with Crippen LogP contribution in [-0.4, -0.2) is 16.8 Å². The molecule has 0 unspecified atom stereocenters. The molecular weight excluding hydrogens is 378 g/mol. The van der Waals surface area contributed by atoms with Crippen LogP contribution in [0.1, 0.15) is 33.0 Å². The van der Waals surface area contributed by atoms with Crippen LogP contribution in [0, 0.1) is 6.92 Å². The predicted octanol–water partition coefficient (Wildman–Crippen LogP) is 3.71. The van der Waals surface area contributed by atoms with Crippen LogP contribution in [-0.2, 0) is 17.6 Å². The maximum atomic E-state index is 12.3. The molecule has 0 saturated carbocycles. The molecular formula is C21H19NO5S. The molecule has 0 spiro atoms. The van der Waals surface area contributed by atoms with Crippen molar-refractivity contribution in [1.29, 1.82) is 0 Å². The number of nitrogens with one attached hydrogen (secondary N) is 1. The minimum Gasteiger partial charge on any atom is -0.507 e. The minimum atomic E-state index is -0.827. The van der Waals surface area contributed by atoms with E-state index in [4.69, 9.17) is 4.42 Å². The van der Waals surface area contributed by atoms with Gasteiger partial charge in [0.1, 0.15) is 17.1 Å². The van der Waals surface area contributed by atoms with Crippen LogP contribution in [0.15, 0.2) is 57.1 Å². The smallest absolute Gasteiger partial charge is 0.350 e. The summed E-state index contributed by atoms with van der Waals surface area (Å²) in [7, 11) is 0. The Kier molecular flexibility index (Phi) is 6.06. The summed E-state index contributed by atoms with van der Waals surface area (Å²) in [6, 6.07) is 12.2. The lowest BCUT2D eigenvalue weighted by atomic mass is 10.0. The Morgan fingerprint density at radius 1 is 1.18 bits per heavy atom. The summed E-state index contributed by atoms with van der Waals surface area (Å²) in [5.74, 6) is -0.676. The van der Waals surface area contributed by atoms with E-state index in [0.29, 0.717) is 18.5 Å². The molecule has 7 heteroatoms. The zero-order valence-electron chi connectivity index (χ0n) is 15.2. The van der Waals surface area contributed by atoms with Crippen molar-refractivity contribution in [1.82, 2.24) is 0 Å². The summed E-state index contributed by atoms with van der Waals surface area (Å²) < 4.78 is 4.88. The predicted molar refractivity (Wildman–Crippen MR) is 107 cm³/mol. The molecule has 28 heavy (non-hydrogen) atoms. The van der Waals surface area contributed by atoms with Crippen molar-refractivity contribution < 1.29 is 19.1 Å². The average molecular weight is 397 g/mol. The Bertz CT molecular complexity index is 1040. The first-order valence-corrected chi connectivity index (χ1v) is 9.58. The number of anilines is 1. The van der Waals surface area contributed by atoms with Gasteiger partial charge in [0.15, 0.2) is 5.78 Å². The van der Waals surface area contributed by atoms with Crippen LogP contribution in [0.5, 0.6) is 5.75 Å². The van der Waals surface area contributed by atoms with Crippen molar-refractivity contribution in [3.8, 4) is 5.75 Å². The highest BCUT2D eigenvalue weighted by Gasteiger charge is 2.18. The number of amides is 1. The second-order valence-corrected chi connectivity index (χ2v) is 7.36. The number of Topliss-reactive ketones (excluding diaryl/α,β-unsaturated/α-hetero) is 1. The standard InChI is InChI=1S/C21H19NO5S/c1-13-11-18(24)20(21(26)27-13)17(23)9-6-14-4-7-15(8-5-14)22-19(25)12-16-3-2-10-28-16/h2-5,7-8,10-11,24H,6,9,12H2,1H3,(H,22,25). The van der Waals surface area contributed by atoms with E-state index in [-0.39, 0.29) is 29.4 Å². The van der Waals surface area contributed by atoms with Gasteiger partial charge in [0.05, 0.1) is 6.42 Å². The quantitative estimate of drug-likeness (QED) is 0.593. The first-order chi connectivity index (χ1) is 13.4. The largest absolute Gasteiger partial charge is 0.507 e. The van der Waals surface area contributed by atoms with Crippen LogP contribution in [0.3, 0.4) is 0 Å². The summed E-state index contributed by atoms with van der Waals surface area (Å²) in [4.78, 5) is 37.1. The van der Waals surface area contributed by atoms with Gasteiger partial charge < -0.3 is 14.8 Å². The molecule has 2 heterocycles. The third-order valence-electron chi connectivity index (χ3n) is 4.13. The van der Waals surface area contributed by atoms with Crippen molar-refractivity contribution in [3.05, 3.63) is 80.0 Å². The normalized spacial score (nSPS) is 10.6. The number of hydrogen-bond donors (Lipinski definition) is 2. The number of ketones is 1. The number of aromatic hydroxyl groups is 1. The van der Waals surface area contributed by atoms with Gasteiger partial charge in [-0.3, -0.25) is 9.59 Å². The summed E-state index contributed by atoms with van der Waals surface area (Å²) in [5.41, 5.74) is 0.406. The second kappa shape index (κ2) is 8.67. The Morgan fingerprint density at radius 2 is 1.93 bits per heavy atom. The van der Waals surface area contributed by atoms with Crippen molar-refractivity contribution in [2.24, 2.45) is 0 Å². The van der Waals surface area contributed by atoms with Gasteiger partial charge in [0.2, 0.25) is 5.91 Å². The second-order valence-electron chi connectivity index (χ2n) is 6.33. The molecule has 1 amide bonds. The van der Waals surface area contributed by atoms with Gasteiger partial charge in [-0.2, -0.15) is 0 Å². The Balaban J connectivity index is 1.56. The monoisotopic (exact) mass is 397 g/mol. The van der Waals surface area contributed by atoms with Gasteiger partial charge in [-0.05, 0) is 42.5 Å². The van der Waals surface area contributed by atoms with Crippen LogP contribution in [0.4, 0.5) is 5.69 Å². The van der Waals surface area contributed by atoms with E-state index in [0.717, 1.165) is 10.4 Å². The molecule has 6 nitrogen and oxygen atoms in total. The van der Waals surface area contributed by atoms with Crippen LogP contribution >= 0.6 is 11.3 Å². The Morgan fingerprint density at radius 3 is 2.57 bits per heavy atom. The van der Waals surface area contributed by atoms with Gasteiger partial charge in [0.25, 0.3) is 0 Å². The Labute approximate surface area is 165 Å². The van der Waals surface area contributed by atoms with Gasteiger partial charge in [-0.1, -0.05) is 18.2 Å². The maximum Gasteiger partial charge on any atom is 0.350 e. The van der Waals surface area contributed by atoms with Crippen molar-refractivity contribution >= 4 is 28.7 Å². The number of carbonyl (C=O) groups excluding carboxylic acids is 2. The number of benzene rings is 1. The summed E-state index contributed by atoms with van der Waals surface area (Å²) in [5, 5.41) is 14.6. The van der Waals surface area contributed by atoms with Crippen molar-refractivity contribution in [2.45, 2.75) is 26.2 Å². The van der Waals surface area contributed by atoms with Crippen LogP contribution in [0.2, 0.25) is 0 Å². The van der Waals surface area contributed by atoms with Gasteiger partial charge in [0, 0.05) is 23.1 Å². The molecule has 0 aliphatic rings. The molecule has 1 aromatic carbocycles. The topological polar surface area (TPSA) is 96.6 Å². The molecule has 2 aromatic heterocycles. The van der Waals surface area contributed by atoms with Crippen molar-refractivity contribution in [2.75, 3.05) is 5.32 Å². The van der Waals surface area contributed by atoms with E-state index in [1.165, 1.54) is 24.3 Å². The highest BCUT2D eigenvalue weighted by Crippen LogP contribution is 2.18. The van der Waals surface area contributed by atoms with E-state index in [2.05, 4.69) is 5.32 Å². The highest BCUT2D eigenvalue weighted by atomic mass is 32.1. The Hall–Kier alpha value is -3.19. The first-order valence-electron chi connectivity index (χ1n) is 8.70. The molecule has 3 aromatic rings. The molecule has 0 aliphatic heterocycles. The lowest BCUT2D eigenvalue weighted by Gasteiger charge is -2.07. The molecule has 144 valence electrons. The molecule has 0 atom stereocenters. The number of aryl methyl sites for hydroxylation is 2. The minimum absolute atomic E-state index is 0.0610. The fourth-order valence-corrected chi connectivity index (χ4v) is 3.47. The zero-order chi connectivity index (χ0) is 20.1. The lowest BCUT2D eigenvalue weighted by Crippen LogP contribution is -2.15. The summed E-state index contributed by atoms with van der Waals surface area (Å²) >= 11 is 1.53. The summed E-state index contributed by atoms with van der Waals surface area (Å²) in [6.45, 7) is 1.52. The molecule has 0 aliphatic carbocycles. The van der Waals surface area contributed by atoms with Crippen LogP contribution < -0.4 is 10.9 Å². The van der Waals surface area contributed by atoms with Gasteiger partial charge in [-0.25, -0.2) is 4.79 Å². The highest BCUT2D eigenvalue weighted by molar-refractivity contribution is 7.10. The lowest BCUT2D eigenvalue weighted by molar-refractivity contribution is -0.115. The van der Waals surface area contributed by atoms with Gasteiger partial charge >= 0.3 is 5.63 Å². The number of carbonyl (C=O) groups is 2. The SMILES string of the molecule is Cc1cc(O)c(C(=O)CCc2ccc(NC(=O)Cc3cccs3)cc2)c(=O)o1. The fourth-order valence-electron chi connectivity index (χ4n) is 2.77. The molecule has 2 N–H and O–H groups in total. The van der Waals surface area contributed by atoms with E-state index in [1.807, 2.05) is 29.6 Å². The van der Waals surface area contributed by atoms with E-state index in [1.54, 1.807) is 12.1 Å². The number of thiophene rings is 1. The van der Waals surface area contributed by atoms with Gasteiger partial charge in [-0.15, -0.1) is 11.3 Å². The first kappa shape index (κ1) is 19.6. The molecule has 0 saturated heterocycles.